The van der Waals surface area contributed by atoms with E-state index in [9.17, 15) is 8.78 Å². The van der Waals surface area contributed by atoms with E-state index >= 15 is 0 Å². The Hall–Kier alpha value is -2.85. The maximum Gasteiger partial charge on any atom is 0.139 e. The Balaban J connectivity index is 0.000000297. The van der Waals surface area contributed by atoms with Crippen molar-refractivity contribution in [3.63, 3.8) is 0 Å². The first-order valence-electron chi connectivity index (χ1n) is 17.4. The standard InChI is InChI=1S/C22H24BrFO.C16H22O.C6H3BrFI/c1-4-5-6-7-12-25-20-13-16(2)21(17(3)14-20)11-9-18-8-10-19(23)15-22(18)24;1-5-7-8-9-10-17-15-11-13(3)16(6-2)14(4)12-15;7-4-1-2-6(9)5(8)3-4/h8,10,13-15H,4-7,12H2,1-3H3;2,11-12H,5,7-10H2,1,3-4H3;1-3H. The van der Waals surface area contributed by atoms with Gasteiger partial charge in [0.15, 0.2) is 0 Å². The summed E-state index contributed by atoms with van der Waals surface area (Å²) in [4.78, 5) is 0. The highest BCUT2D eigenvalue weighted by Crippen LogP contribution is 2.23. The van der Waals surface area contributed by atoms with Crippen LogP contribution in [0.5, 0.6) is 11.5 Å². The van der Waals surface area contributed by atoms with E-state index < -0.39 is 0 Å². The first kappa shape index (κ1) is 44.3. The molecule has 0 spiro atoms. The van der Waals surface area contributed by atoms with Crippen molar-refractivity contribution in [2.45, 2.75) is 92.9 Å². The second-order valence-corrected chi connectivity index (χ2v) is 15.3. The number of halogens is 5. The lowest BCUT2D eigenvalue weighted by Crippen LogP contribution is -1.99. The molecule has 51 heavy (non-hydrogen) atoms. The lowest BCUT2D eigenvalue weighted by Gasteiger charge is -2.10. The highest BCUT2D eigenvalue weighted by molar-refractivity contribution is 14.1. The lowest BCUT2D eigenvalue weighted by molar-refractivity contribution is 0.304. The van der Waals surface area contributed by atoms with Gasteiger partial charge in [-0.25, -0.2) is 8.78 Å². The van der Waals surface area contributed by atoms with Crippen LogP contribution in [0.4, 0.5) is 8.78 Å². The van der Waals surface area contributed by atoms with Crippen molar-refractivity contribution in [3.05, 3.63) is 124 Å². The van der Waals surface area contributed by atoms with Crippen LogP contribution >= 0.6 is 54.5 Å². The summed E-state index contributed by atoms with van der Waals surface area (Å²) in [5.74, 6) is 10.1. The van der Waals surface area contributed by atoms with Crippen LogP contribution in [0.25, 0.3) is 0 Å². The number of ether oxygens (including phenoxy) is 2. The minimum Gasteiger partial charge on any atom is -0.494 e. The van der Waals surface area contributed by atoms with Crippen LogP contribution in [-0.4, -0.2) is 13.2 Å². The molecular formula is C44H49Br2F2IO2. The molecule has 0 aliphatic heterocycles. The van der Waals surface area contributed by atoms with Gasteiger partial charge in [-0.3, -0.25) is 0 Å². The van der Waals surface area contributed by atoms with Crippen molar-refractivity contribution >= 4 is 54.5 Å². The second-order valence-electron chi connectivity index (χ2n) is 12.3. The lowest BCUT2D eigenvalue weighted by atomic mass is 10.0. The molecule has 0 saturated heterocycles. The third-order valence-corrected chi connectivity index (χ3v) is 9.69. The highest BCUT2D eigenvalue weighted by atomic mass is 127. The van der Waals surface area contributed by atoms with Crippen LogP contribution in [0.2, 0.25) is 0 Å². The van der Waals surface area contributed by atoms with Crippen molar-refractivity contribution in [1.82, 2.24) is 0 Å². The van der Waals surface area contributed by atoms with Crippen LogP contribution in [0.1, 0.15) is 104 Å². The minimum absolute atomic E-state index is 0.176. The Morgan fingerprint density at radius 3 is 1.47 bits per heavy atom. The van der Waals surface area contributed by atoms with Gasteiger partial charge in [0, 0.05) is 23.6 Å². The molecule has 0 saturated carbocycles. The van der Waals surface area contributed by atoms with Gasteiger partial charge in [0.1, 0.15) is 23.1 Å². The third-order valence-electron chi connectivity index (χ3n) is 7.82. The molecule has 0 aliphatic rings. The summed E-state index contributed by atoms with van der Waals surface area (Å²) >= 11 is 8.35. The average Bonchev–Trinajstić information content (AvgIpc) is 3.07. The maximum absolute atomic E-state index is 13.9. The predicted octanol–water partition coefficient (Wildman–Crippen LogP) is 14.0. The predicted molar refractivity (Wildman–Crippen MR) is 226 cm³/mol. The summed E-state index contributed by atoms with van der Waals surface area (Å²) in [5.41, 5.74) is 6.66. The van der Waals surface area contributed by atoms with Crippen LogP contribution in [0.3, 0.4) is 0 Å². The summed E-state index contributed by atoms with van der Waals surface area (Å²) in [6.07, 6.45) is 15.2. The van der Waals surface area contributed by atoms with Crippen molar-refractivity contribution in [3.8, 4) is 35.7 Å². The molecule has 0 aliphatic carbocycles. The Morgan fingerprint density at radius 1 is 0.608 bits per heavy atom. The molecule has 0 fully saturated rings. The number of aryl methyl sites for hydroxylation is 4. The number of unbranched alkanes of at least 4 members (excludes halogenated alkanes) is 6. The van der Waals surface area contributed by atoms with E-state index in [1.165, 1.54) is 50.7 Å². The smallest absolute Gasteiger partial charge is 0.139 e. The van der Waals surface area contributed by atoms with Gasteiger partial charge in [-0.2, -0.15) is 0 Å². The van der Waals surface area contributed by atoms with E-state index in [-0.39, 0.29) is 11.6 Å². The normalized spacial score (nSPS) is 10.1. The van der Waals surface area contributed by atoms with Gasteiger partial charge in [0.25, 0.3) is 0 Å². The summed E-state index contributed by atoms with van der Waals surface area (Å²) in [6.45, 7) is 14.1. The Morgan fingerprint density at radius 2 is 1.06 bits per heavy atom. The van der Waals surface area contributed by atoms with E-state index in [1.54, 1.807) is 18.2 Å². The fraction of sp³-hybridized carbons (Fsp3) is 0.364. The van der Waals surface area contributed by atoms with E-state index in [4.69, 9.17) is 15.9 Å². The molecule has 0 N–H and O–H groups in total. The number of hydrogen-bond acceptors (Lipinski definition) is 2. The molecule has 0 amide bonds. The zero-order valence-electron chi connectivity index (χ0n) is 30.6. The fourth-order valence-corrected chi connectivity index (χ4v) is 6.07. The fourth-order valence-electron chi connectivity index (χ4n) is 5.07. The van der Waals surface area contributed by atoms with Crippen molar-refractivity contribution in [2.24, 2.45) is 0 Å². The quantitative estimate of drug-likeness (QED) is 0.0610. The van der Waals surface area contributed by atoms with Gasteiger partial charge in [-0.1, -0.05) is 102 Å². The minimum atomic E-state index is -0.316. The van der Waals surface area contributed by atoms with Gasteiger partial charge >= 0.3 is 0 Å². The first-order valence-corrected chi connectivity index (χ1v) is 20.1. The van der Waals surface area contributed by atoms with Crippen LogP contribution in [0.15, 0.2) is 69.6 Å². The number of terminal acetylenes is 1. The zero-order valence-corrected chi connectivity index (χ0v) is 36.0. The van der Waals surface area contributed by atoms with Gasteiger partial charge in [-0.05, 0) is 146 Å². The average molecular weight is 935 g/mol. The number of hydrogen-bond donors (Lipinski definition) is 0. The second kappa shape index (κ2) is 24.4. The zero-order chi connectivity index (χ0) is 37.8. The summed E-state index contributed by atoms with van der Waals surface area (Å²) in [7, 11) is 0. The molecule has 0 heterocycles. The topological polar surface area (TPSA) is 18.5 Å². The van der Waals surface area contributed by atoms with Gasteiger partial charge in [0.2, 0.25) is 0 Å². The number of benzene rings is 4. The monoisotopic (exact) mass is 932 g/mol. The highest BCUT2D eigenvalue weighted by Gasteiger charge is 2.06. The van der Waals surface area contributed by atoms with Crippen molar-refractivity contribution < 1.29 is 18.3 Å². The number of rotatable bonds is 12. The van der Waals surface area contributed by atoms with Crippen LogP contribution in [-0.2, 0) is 0 Å². The molecular weight excluding hydrogens is 885 g/mol. The largest absolute Gasteiger partial charge is 0.494 e. The molecule has 0 bridgehead atoms. The molecule has 2 nitrogen and oxygen atoms in total. The first-order chi connectivity index (χ1) is 24.4. The summed E-state index contributed by atoms with van der Waals surface area (Å²) < 4.78 is 40.2. The molecule has 4 rings (SSSR count). The Kier molecular flexibility index (Phi) is 21.2. The molecule has 4 aromatic carbocycles. The van der Waals surface area contributed by atoms with Crippen molar-refractivity contribution in [1.29, 1.82) is 0 Å². The molecule has 0 unspecified atom stereocenters. The van der Waals surface area contributed by atoms with Crippen molar-refractivity contribution in [2.75, 3.05) is 13.2 Å². The van der Waals surface area contributed by atoms with Gasteiger partial charge in [0.05, 0.1) is 18.8 Å². The molecule has 7 heteroatoms. The van der Waals surface area contributed by atoms with Crippen LogP contribution < -0.4 is 9.47 Å². The molecule has 4 aromatic rings. The molecule has 0 aromatic heterocycles. The van der Waals surface area contributed by atoms with E-state index in [2.05, 4.69) is 63.5 Å². The molecule has 0 atom stereocenters. The van der Waals surface area contributed by atoms with E-state index in [0.29, 0.717) is 13.6 Å². The van der Waals surface area contributed by atoms with E-state index in [0.717, 1.165) is 75.4 Å². The van der Waals surface area contributed by atoms with Gasteiger partial charge < -0.3 is 9.47 Å². The van der Waals surface area contributed by atoms with Crippen LogP contribution in [0, 0.1) is 67.1 Å². The molecule has 272 valence electrons. The third kappa shape index (κ3) is 16.6. The maximum atomic E-state index is 13.9. The van der Waals surface area contributed by atoms with Gasteiger partial charge in [-0.15, -0.1) is 6.42 Å². The summed E-state index contributed by atoms with van der Waals surface area (Å²) in [5, 5.41) is 0. The van der Waals surface area contributed by atoms with E-state index in [1.807, 2.05) is 80.6 Å². The Labute approximate surface area is 335 Å². The summed E-state index contributed by atoms with van der Waals surface area (Å²) in [6, 6.07) is 18.0. The SMILES string of the molecule is C#Cc1c(C)cc(OCCCCCC)cc1C.CCCCCCOc1cc(C)c(C#Cc2ccc(Br)cc2F)c(C)c1.Fc1cc(Br)ccc1I. The molecule has 0 radical (unpaired) electrons. The Bertz CT molecular complexity index is 1760.